The molecule has 2 amide bonds. The molecule has 126 valence electrons. The van der Waals surface area contributed by atoms with Gasteiger partial charge in [-0.3, -0.25) is 9.59 Å². The van der Waals surface area contributed by atoms with Gasteiger partial charge in [-0.15, -0.1) is 0 Å². The fourth-order valence-corrected chi connectivity index (χ4v) is 2.85. The van der Waals surface area contributed by atoms with E-state index >= 15 is 0 Å². The smallest absolute Gasteiger partial charge is 0.291 e. The molecule has 0 radical (unpaired) electrons. The zero-order valence-corrected chi connectivity index (χ0v) is 13.2. The molecule has 0 saturated heterocycles. The maximum atomic E-state index is 12.3. The Labute approximate surface area is 139 Å². The lowest BCUT2D eigenvalue weighted by molar-refractivity contribution is -0.137. The highest BCUT2D eigenvalue weighted by atomic mass is 16.3. The van der Waals surface area contributed by atoms with Crippen LogP contribution in [0.5, 0.6) is 0 Å². The maximum Gasteiger partial charge on any atom is 0.291 e. The van der Waals surface area contributed by atoms with Crippen molar-refractivity contribution < 1.29 is 19.1 Å². The number of benzene rings is 1. The fourth-order valence-electron chi connectivity index (χ4n) is 2.85. The number of amides is 2. The lowest BCUT2D eigenvalue weighted by atomic mass is 9.84. The molecule has 3 N–H and O–H groups in total. The summed E-state index contributed by atoms with van der Waals surface area (Å²) in [7, 11) is 0. The van der Waals surface area contributed by atoms with Crippen molar-refractivity contribution in [1.29, 1.82) is 0 Å². The summed E-state index contributed by atoms with van der Waals surface area (Å²) in [4.78, 5) is 24.1. The van der Waals surface area contributed by atoms with Crippen molar-refractivity contribution in [1.82, 2.24) is 0 Å². The van der Waals surface area contributed by atoms with Gasteiger partial charge in [0, 0.05) is 11.4 Å². The molecule has 1 aliphatic carbocycles. The lowest BCUT2D eigenvalue weighted by Gasteiger charge is -2.30. The average Bonchev–Trinajstić information content (AvgIpc) is 3.12. The number of carbonyl (C=O) groups excluding carboxylic acids is 2. The molecule has 1 aromatic heterocycles. The van der Waals surface area contributed by atoms with E-state index in [2.05, 4.69) is 10.6 Å². The number of furan rings is 1. The Morgan fingerprint density at radius 3 is 2.17 bits per heavy atom. The van der Waals surface area contributed by atoms with E-state index in [1.54, 1.807) is 36.4 Å². The van der Waals surface area contributed by atoms with Gasteiger partial charge in [0.15, 0.2) is 5.76 Å². The van der Waals surface area contributed by atoms with Gasteiger partial charge in [-0.2, -0.15) is 0 Å². The number of anilines is 2. The van der Waals surface area contributed by atoms with Crippen LogP contribution in [-0.4, -0.2) is 22.5 Å². The predicted octanol–water partition coefficient (Wildman–Crippen LogP) is 3.17. The highest BCUT2D eigenvalue weighted by molar-refractivity contribution is 6.02. The first-order chi connectivity index (χ1) is 11.6. The SMILES string of the molecule is O=C(Nc1ccc(NC(=O)C2(O)CCCCC2)cc1)c1ccco1. The number of rotatable bonds is 4. The van der Waals surface area contributed by atoms with E-state index in [0.717, 1.165) is 19.3 Å². The van der Waals surface area contributed by atoms with Gasteiger partial charge in [-0.25, -0.2) is 0 Å². The molecule has 6 heteroatoms. The van der Waals surface area contributed by atoms with Gasteiger partial charge in [0.25, 0.3) is 11.8 Å². The highest BCUT2D eigenvalue weighted by Crippen LogP contribution is 2.29. The third-order valence-electron chi connectivity index (χ3n) is 4.25. The minimum Gasteiger partial charge on any atom is -0.459 e. The number of hydrogen-bond acceptors (Lipinski definition) is 4. The van der Waals surface area contributed by atoms with Gasteiger partial charge in [0.1, 0.15) is 5.60 Å². The van der Waals surface area contributed by atoms with Crippen molar-refractivity contribution >= 4 is 23.2 Å². The molecule has 1 aliphatic rings. The Kier molecular flexibility index (Phi) is 4.66. The van der Waals surface area contributed by atoms with Crippen LogP contribution in [0.2, 0.25) is 0 Å². The Morgan fingerprint density at radius 2 is 1.58 bits per heavy atom. The van der Waals surface area contributed by atoms with Crippen molar-refractivity contribution in [3.63, 3.8) is 0 Å². The number of hydrogen-bond donors (Lipinski definition) is 3. The number of nitrogens with one attached hydrogen (secondary N) is 2. The zero-order valence-electron chi connectivity index (χ0n) is 13.2. The van der Waals surface area contributed by atoms with E-state index in [9.17, 15) is 14.7 Å². The van der Waals surface area contributed by atoms with Gasteiger partial charge >= 0.3 is 0 Å². The topological polar surface area (TPSA) is 91.6 Å². The molecule has 0 unspecified atom stereocenters. The van der Waals surface area contributed by atoms with Gasteiger partial charge in [-0.05, 0) is 49.2 Å². The Balaban J connectivity index is 1.60. The summed E-state index contributed by atoms with van der Waals surface area (Å²) >= 11 is 0. The molecule has 1 fully saturated rings. The summed E-state index contributed by atoms with van der Waals surface area (Å²) in [6, 6.07) is 9.95. The molecular formula is C18H20N2O4. The Hall–Kier alpha value is -2.60. The van der Waals surface area contributed by atoms with E-state index in [1.807, 2.05) is 0 Å². The standard InChI is InChI=1S/C18H20N2O4/c21-16(15-5-4-12-24-15)19-13-6-8-14(9-7-13)20-17(22)18(23)10-2-1-3-11-18/h4-9,12,23H,1-3,10-11H2,(H,19,21)(H,20,22). The first-order valence-corrected chi connectivity index (χ1v) is 8.06. The third kappa shape index (κ3) is 3.65. The van der Waals surface area contributed by atoms with E-state index in [0.29, 0.717) is 24.2 Å². The molecule has 0 aliphatic heterocycles. The first-order valence-electron chi connectivity index (χ1n) is 8.06. The molecule has 24 heavy (non-hydrogen) atoms. The van der Waals surface area contributed by atoms with Crippen LogP contribution in [-0.2, 0) is 4.79 Å². The molecule has 1 aromatic carbocycles. The summed E-state index contributed by atoms with van der Waals surface area (Å²) in [5.74, 6) is -0.477. The minimum atomic E-state index is -1.27. The Morgan fingerprint density at radius 1 is 0.958 bits per heavy atom. The average molecular weight is 328 g/mol. The van der Waals surface area contributed by atoms with Crippen LogP contribution in [0.3, 0.4) is 0 Å². The largest absolute Gasteiger partial charge is 0.459 e. The van der Waals surface area contributed by atoms with Crippen molar-refractivity contribution in [2.45, 2.75) is 37.7 Å². The highest BCUT2D eigenvalue weighted by Gasteiger charge is 2.36. The maximum absolute atomic E-state index is 12.3. The molecule has 3 rings (SSSR count). The van der Waals surface area contributed by atoms with Crippen LogP contribution in [0.15, 0.2) is 47.1 Å². The van der Waals surface area contributed by atoms with Gasteiger partial charge in [-0.1, -0.05) is 19.3 Å². The Bertz CT molecular complexity index is 701. The monoisotopic (exact) mass is 328 g/mol. The van der Waals surface area contributed by atoms with Crippen molar-refractivity contribution in [3.8, 4) is 0 Å². The van der Waals surface area contributed by atoms with Crippen molar-refractivity contribution in [3.05, 3.63) is 48.4 Å². The molecule has 0 atom stereocenters. The van der Waals surface area contributed by atoms with Crippen molar-refractivity contribution in [2.24, 2.45) is 0 Å². The second-order valence-electron chi connectivity index (χ2n) is 6.06. The molecule has 1 saturated carbocycles. The van der Waals surface area contributed by atoms with Gasteiger partial charge in [0.2, 0.25) is 0 Å². The molecule has 0 bridgehead atoms. The van der Waals surface area contributed by atoms with Crippen LogP contribution < -0.4 is 10.6 Å². The van der Waals surface area contributed by atoms with Crippen LogP contribution in [0.1, 0.15) is 42.7 Å². The molecule has 0 spiro atoms. The fraction of sp³-hybridized carbons (Fsp3) is 0.333. The summed E-state index contributed by atoms with van der Waals surface area (Å²) in [6.07, 6.45) is 5.21. The van der Waals surface area contributed by atoms with Crippen LogP contribution >= 0.6 is 0 Å². The van der Waals surface area contributed by atoms with Crippen LogP contribution in [0.25, 0.3) is 0 Å². The van der Waals surface area contributed by atoms with E-state index < -0.39 is 5.60 Å². The molecule has 1 heterocycles. The second-order valence-corrected chi connectivity index (χ2v) is 6.06. The quantitative estimate of drug-likeness (QED) is 0.804. The third-order valence-corrected chi connectivity index (χ3v) is 4.25. The zero-order chi connectivity index (χ0) is 17.0. The second kappa shape index (κ2) is 6.88. The van der Waals surface area contributed by atoms with Crippen molar-refractivity contribution in [2.75, 3.05) is 10.6 Å². The van der Waals surface area contributed by atoms with E-state index in [4.69, 9.17) is 4.42 Å². The van der Waals surface area contributed by atoms with Gasteiger partial charge < -0.3 is 20.2 Å². The minimum absolute atomic E-state index is 0.229. The summed E-state index contributed by atoms with van der Waals surface area (Å²) < 4.78 is 5.03. The number of aliphatic hydroxyl groups is 1. The molecule has 6 nitrogen and oxygen atoms in total. The first kappa shape index (κ1) is 16.3. The van der Waals surface area contributed by atoms with Crippen LogP contribution in [0, 0.1) is 0 Å². The normalized spacial score (nSPS) is 16.4. The predicted molar refractivity (Wildman–Crippen MR) is 89.8 cm³/mol. The summed E-state index contributed by atoms with van der Waals surface area (Å²) in [5.41, 5.74) is -0.106. The lowest BCUT2D eigenvalue weighted by Crippen LogP contribution is -2.44. The molecular weight excluding hydrogens is 308 g/mol. The van der Waals surface area contributed by atoms with E-state index in [-0.39, 0.29) is 17.6 Å². The van der Waals surface area contributed by atoms with Crippen LogP contribution in [0.4, 0.5) is 11.4 Å². The summed E-state index contributed by atoms with van der Waals surface area (Å²) in [6.45, 7) is 0. The number of carbonyl (C=O) groups is 2. The van der Waals surface area contributed by atoms with Gasteiger partial charge in [0.05, 0.1) is 6.26 Å². The molecule has 2 aromatic rings. The van der Waals surface area contributed by atoms with E-state index in [1.165, 1.54) is 6.26 Å². The summed E-state index contributed by atoms with van der Waals surface area (Å²) in [5, 5.41) is 15.8.